The lowest BCUT2D eigenvalue weighted by atomic mass is 10.2. The smallest absolute Gasteiger partial charge is 0.260 e. The molecule has 0 atom stereocenters. The lowest BCUT2D eigenvalue weighted by molar-refractivity contribution is -0.133. The second-order valence-electron chi connectivity index (χ2n) is 6.23. The van der Waals surface area contributed by atoms with Crippen LogP contribution in [-0.2, 0) is 4.79 Å². The fraction of sp³-hybridized carbons (Fsp3) is 0.250. The van der Waals surface area contributed by atoms with E-state index in [-0.39, 0.29) is 12.5 Å². The second-order valence-corrected chi connectivity index (χ2v) is 6.23. The number of rotatable bonds is 4. The van der Waals surface area contributed by atoms with Gasteiger partial charge in [-0.2, -0.15) is 5.10 Å². The Balaban J connectivity index is 1.34. The maximum absolute atomic E-state index is 12.5. The van der Waals surface area contributed by atoms with Gasteiger partial charge in [0, 0.05) is 42.6 Å². The summed E-state index contributed by atoms with van der Waals surface area (Å²) in [5.41, 5.74) is 1.20. The van der Waals surface area contributed by atoms with Crippen LogP contribution in [0.3, 0.4) is 0 Å². The van der Waals surface area contributed by atoms with Gasteiger partial charge < -0.3 is 14.5 Å². The van der Waals surface area contributed by atoms with Gasteiger partial charge in [0.05, 0.1) is 6.20 Å². The highest BCUT2D eigenvalue weighted by Crippen LogP contribution is 2.21. The number of hydrogen-bond acceptors (Lipinski definition) is 5. The fourth-order valence-corrected chi connectivity index (χ4v) is 3.18. The molecule has 0 radical (unpaired) electrons. The summed E-state index contributed by atoms with van der Waals surface area (Å²) in [7, 11) is 0. The molecule has 2 aromatic carbocycles. The summed E-state index contributed by atoms with van der Waals surface area (Å²) in [6.45, 7) is 3.01. The van der Waals surface area contributed by atoms with Crippen LogP contribution >= 0.6 is 0 Å². The van der Waals surface area contributed by atoms with E-state index in [1.54, 1.807) is 6.20 Å². The Kier molecular flexibility index (Phi) is 4.64. The predicted octanol–water partition coefficient (Wildman–Crippen LogP) is 2.36. The predicted molar refractivity (Wildman–Crippen MR) is 100 cm³/mol. The van der Waals surface area contributed by atoms with Crippen LogP contribution in [0.15, 0.2) is 60.8 Å². The van der Waals surface area contributed by atoms with Crippen molar-refractivity contribution in [2.24, 2.45) is 0 Å². The van der Waals surface area contributed by atoms with Gasteiger partial charge in [0.15, 0.2) is 6.61 Å². The molecular weight excluding hydrogens is 328 g/mol. The number of carbonyl (C=O) groups is 1. The fourth-order valence-electron chi connectivity index (χ4n) is 3.18. The summed E-state index contributed by atoms with van der Waals surface area (Å²) in [4.78, 5) is 16.6. The zero-order chi connectivity index (χ0) is 17.8. The van der Waals surface area contributed by atoms with Gasteiger partial charge in [0.1, 0.15) is 0 Å². The van der Waals surface area contributed by atoms with Crippen LogP contribution in [0.1, 0.15) is 0 Å². The summed E-state index contributed by atoms with van der Waals surface area (Å²) in [5.74, 6) is 0.381. The Bertz CT molecular complexity index is 887. The van der Waals surface area contributed by atoms with Gasteiger partial charge in [0.2, 0.25) is 5.88 Å². The quantitative estimate of drug-likeness (QED) is 0.724. The number of piperazine rings is 1. The molecule has 0 unspecified atom stereocenters. The average molecular weight is 348 g/mol. The zero-order valence-corrected chi connectivity index (χ0v) is 14.4. The van der Waals surface area contributed by atoms with E-state index in [4.69, 9.17) is 4.74 Å². The Labute approximate surface area is 152 Å². The highest BCUT2D eigenvalue weighted by Gasteiger charge is 2.21. The number of amides is 1. The van der Waals surface area contributed by atoms with Gasteiger partial charge in [-0.25, -0.2) is 0 Å². The first-order valence-electron chi connectivity index (χ1n) is 8.72. The summed E-state index contributed by atoms with van der Waals surface area (Å²) in [6, 6.07) is 18.0. The second kappa shape index (κ2) is 7.39. The number of ether oxygens (including phenoxy) is 1. The van der Waals surface area contributed by atoms with Crippen molar-refractivity contribution in [3.8, 4) is 5.88 Å². The summed E-state index contributed by atoms with van der Waals surface area (Å²) < 4.78 is 5.67. The van der Waals surface area contributed by atoms with E-state index >= 15 is 0 Å². The molecule has 6 heteroatoms. The van der Waals surface area contributed by atoms with Crippen LogP contribution in [-0.4, -0.2) is 53.8 Å². The van der Waals surface area contributed by atoms with Gasteiger partial charge in [0.25, 0.3) is 5.91 Å². The maximum atomic E-state index is 12.5. The maximum Gasteiger partial charge on any atom is 0.260 e. The molecule has 1 aliphatic heterocycles. The van der Waals surface area contributed by atoms with Crippen molar-refractivity contribution >= 4 is 22.4 Å². The van der Waals surface area contributed by atoms with Gasteiger partial charge in [-0.05, 0) is 18.2 Å². The van der Waals surface area contributed by atoms with Gasteiger partial charge in [-0.1, -0.05) is 36.4 Å². The molecule has 0 saturated carbocycles. The molecule has 1 aromatic heterocycles. The molecule has 26 heavy (non-hydrogen) atoms. The first kappa shape index (κ1) is 16.3. The third-order valence-corrected chi connectivity index (χ3v) is 4.62. The first-order chi connectivity index (χ1) is 12.8. The zero-order valence-electron chi connectivity index (χ0n) is 14.4. The minimum absolute atomic E-state index is 0.0198. The molecule has 2 heterocycles. The number of hydrogen-bond donors (Lipinski definition) is 0. The van der Waals surface area contributed by atoms with E-state index < -0.39 is 0 Å². The van der Waals surface area contributed by atoms with Gasteiger partial charge >= 0.3 is 0 Å². The summed E-state index contributed by atoms with van der Waals surface area (Å²) in [5, 5.41) is 9.78. The molecule has 0 N–H and O–H groups in total. The van der Waals surface area contributed by atoms with Crippen LogP contribution in [0, 0.1) is 0 Å². The number of fused-ring (bicyclic) bond motifs is 1. The molecule has 0 bridgehead atoms. The van der Waals surface area contributed by atoms with Crippen molar-refractivity contribution in [2.45, 2.75) is 0 Å². The molecule has 6 nitrogen and oxygen atoms in total. The van der Waals surface area contributed by atoms with E-state index in [2.05, 4.69) is 27.2 Å². The number of aromatic nitrogens is 2. The molecule has 1 aliphatic rings. The number of anilines is 1. The van der Waals surface area contributed by atoms with Crippen molar-refractivity contribution in [2.75, 3.05) is 37.7 Å². The SMILES string of the molecule is O=C(COc1nncc2ccccc12)N1CCN(c2ccccc2)CC1. The van der Waals surface area contributed by atoms with Crippen molar-refractivity contribution in [1.82, 2.24) is 15.1 Å². The lowest BCUT2D eigenvalue weighted by Crippen LogP contribution is -2.50. The van der Waals surface area contributed by atoms with Crippen LogP contribution in [0.5, 0.6) is 5.88 Å². The van der Waals surface area contributed by atoms with Crippen LogP contribution in [0.2, 0.25) is 0 Å². The van der Waals surface area contributed by atoms with Crippen LogP contribution < -0.4 is 9.64 Å². The Morgan fingerprint density at radius 2 is 1.69 bits per heavy atom. The molecule has 0 spiro atoms. The summed E-state index contributed by atoms with van der Waals surface area (Å²) in [6.07, 6.45) is 1.69. The number of para-hydroxylation sites is 1. The van der Waals surface area contributed by atoms with Crippen LogP contribution in [0.25, 0.3) is 10.8 Å². The highest BCUT2D eigenvalue weighted by atomic mass is 16.5. The van der Waals surface area contributed by atoms with Crippen molar-refractivity contribution < 1.29 is 9.53 Å². The van der Waals surface area contributed by atoms with E-state index in [0.717, 1.165) is 23.9 Å². The van der Waals surface area contributed by atoms with Gasteiger partial charge in [-0.15, -0.1) is 5.10 Å². The lowest BCUT2D eigenvalue weighted by Gasteiger charge is -2.36. The number of benzene rings is 2. The first-order valence-corrected chi connectivity index (χ1v) is 8.72. The number of carbonyl (C=O) groups excluding carboxylic acids is 1. The minimum Gasteiger partial charge on any atom is -0.466 e. The third-order valence-electron chi connectivity index (χ3n) is 4.62. The Hall–Kier alpha value is -3.15. The largest absolute Gasteiger partial charge is 0.466 e. The van der Waals surface area contributed by atoms with E-state index in [1.807, 2.05) is 47.4 Å². The molecule has 1 saturated heterocycles. The topological polar surface area (TPSA) is 58.6 Å². The van der Waals surface area contributed by atoms with Crippen molar-refractivity contribution in [3.63, 3.8) is 0 Å². The number of nitrogens with zero attached hydrogens (tertiary/aromatic N) is 4. The molecule has 1 amide bonds. The minimum atomic E-state index is -0.0209. The summed E-state index contributed by atoms with van der Waals surface area (Å²) >= 11 is 0. The molecular formula is C20H20N4O2. The van der Waals surface area contributed by atoms with Gasteiger partial charge in [-0.3, -0.25) is 4.79 Å². The van der Waals surface area contributed by atoms with E-state index in [0.29, 0.717) is 19.0 Å². The third kappa shape index (κ3) is 3.44. The standard InChI is InChI=1S/C20H20N4O2/c25-19(15-26-20-18-9-5-4-6-16(18)14-21-22-20)24-12-10-23(11-13-24)17-7-2-1-3-8-17/h1-9,14H,10-13,15H2. The normalized spacial score (nSPS) is 14.5. The van der Waals surface area contributed by atoms with E-state index in [1.165, 1.54) is 5.69 Å². The molecule has 132 valence electrons. The van der Waals surface area contributed by atoms with Crippen molar-refractivity contribution in [3.05, 3.63) is 60.8 Å². The average Bonchev–Trinajstić information content (AvgIpc) is 2.73. The Morgan fingerprint density at radius 3 is 2.50 bits per heavy atom. The molecule has 3 aromatic rings. The van der Waals surface area contributed by atoms with Crippen molar-refractivity contribution in [1.29, 1.82) is 0 Å². The Morgan fingerprint density at radius 1 is 0.962 bits per heavy atom. The highest BCUT2D eigenvalue weighted by molar-refractivity contribution is 5.86. The molecule has 1 fully saturated rings. The molecule has 0 aliphatic carbocycles. The van der Waals surface area contributed by atoms with E-state index in [9.17, 15) is 4.79 Å². The van der Waals surface area contributed by atoms with Crippen LogP contribution in [0.4, 0.5) is 5.69 Å². The monoisotopic (exact) mass is 348 g/mol. The molecule has 4 rings (SSSR count).